The Morgan fingerprint density at radius 2 is 1.81 bits per heavy atom. The van der Waals surface area contributed by atoms with E-state index in [-0.39, 0.29) is 16.3 Å². The molecule has 2 N–H and O–H groups in total. The van der Waals surface area contributed by atoms with Crippen LogP contribution in [0.2, 0.25) is 5.02 Å². The van der Waals surface area contributed by atoms with Gasteiger partial charge in [0.05, 0.1) is 11.3 Å². The predicted molar refractivity (Wildman–Crippen MR) is 98.6 cm³/mol. The number of nitrogens with one attached hydrogen (secondary N) is 1. The maximum absolute atomic E-state index is 12.7. The first-order chi connectivity index (χ1) is 12.3. The molecule has 0 atom stereocenters. The van der Waals surface area contributed by atoms with Crippen LogP contribution in [-0.4, -0.2) is 22.9 Å². The summed E-state index contributed by atoms with van der Waals surface area (Å²) < 4.78 is 0. The summed E-state index contributed by atoms with van der Waals surface area (Å²) in [6, 6.07) is 10.6. The van der Waals surface area contributed by atoms with E-state index in [1.165, 1.54) is 24.3 Å². The number of rotatable bonds is 4. The number of nitrogens with zero attached hydrogens (tertiary/aromatic N) is 1. The van der Waals surface area contributed by atoms with Crippen molar-refractivity contribution in [3.05, 3.63) is 69.3 Å². The van der Waals surface area contributed by atoms with Crippen molar-refractivity contribution in [1.29, 1.82) is 0 Å². The lowest BCUT2D eigenvalue weighted by atomic mass is 10.2. The maximum Gasteiger partial charge on any atom is 0.335 e. The molecule has 0 saturated heterocycles. The highest BCUT2D eigenvalue weighted by Gasteiger charge is 2.39. The zero-order valence-corrected chi connectivity index (χ0v) is 14.9. The molecule has 1 heterocycles. The van der Waals surface area contributed by atoms with E-state index in [1.807, 2.05) is 0 Å². The van der Waals surface area contributed by atoms with Crippen molar-refractivity contribution < 1.29 is 19.5 Å². The molecule has 2 aromatic rings. The van der Waals surface area contributed by atoms with E-state index in [4.69, 9.17) is 28.3 Å². The molecule has 0 bridgehead atoms. The zero-order chi connectivity index (χ0) is 19.0. The van der Waals surface area contributed by atoms with Gasteiger partial charge < -0.3 is 10.4 Å². The molecule has 8 heteroatoms. The van der Waals surface area contributed by atoms with Gasteiger partial charge in [-0.1, -0.05) is 35.3 Å². The number of aryl methyl sites for hydroxylation is 1. The monoisotopic (exact) mass is 390 g/mol. The zero-order valence-electron chi connectivity index (χ0n) is 13.4. The van der Waals surface area contributed by atoms with Crippen LogP contribution >= 0.6 is 23.2 Å². The van der Waals surface area contributed by atoms with Crippen LogP contribution in [0.25, 0.3) is 0 Å². The quantitative estimate of drug-likeness (QED) is 0.775. The number of hydrogen-bond acceptors (Lipinski definition) is 4. The first-order valence-corrected chi connectivity index (χ1v) is 8.20. The molecule has 2 amide bonds. The number of hydrogen-bond donors (Lipinski definition) is 2. The number of anilines is 2. The van der Waals surface area contributed by atoms with Gasteiger partial charge in [0.2, 0.25) is 0 Å². The van der Waals surface area contributed by atoms with E-state index >= 15 is 0 Å². The molecule has 6 nitrogen and oxygen atoms in total. The van der Waals surface area contributed by atoms with Gasteiger partial charge in [-0.15, -0.1) is 0 Å². The molecule has 0 unspecified atom stereocenters. The van der Waals surface area contributed by atoms with Crippen LogP contribution in [0.3, 0.4) is 0 Å². The molecule has 0 saturated carbocycles. The van der Waals surface area contributed by atoms with Gasteiger partial charge in [0, 0.05) is 10.7 Å². The normalized spacial score (nSPS) is 14.2. The second-order valence-electron chi connectivity index (χ2n) is 5.58. The molecule has 132 valence electrons. The van der Waals surface area contributed by atoms with Gasteiger partial charge in [-0.25, -0.2) is 9.69 Å². The third-order valence-electron chi connectivity index (χ3n) is 3.82. The summed E-state index contributed by atoms with van der Waals surface area (Å²) in [7, 11) is 0. The van der Waals surface area contributed by atoms with Crippen LogP contribution in [0.4, 0.5) is 11.4 Å². The minimum Gasteiger partial charge on any atom is -0.478 e. The van der Waals surface area contributed by atoms with Crippen LogP contribution in [0.1, 0.15) is 15.9 Å². The van der Waals surface area contributed by atoms with Crippen LogP contribution in [0, 0.1) is 6.92 Å². The lowest BCUT2D eigenvalue weighted by Crippen LogP contribution is -2.32. The Balaban J connectivity index is 1.93. The summed E-state index contributed by atoms with van der Waals surface area (Å²) in [6.45, 7) is 1.80. The second kappa shape index (κ2) is 6.82. The molecule has 0 spiro atoms. The van der Waals surface area contributed by atoms with Gasteiger partial charge in [-0.3, -0.25) is 9.59 Å². The highest BCUT2D eigenvalue weighted by atomic mass is 35.5. The number of carbonyl (C=O) groups excluding carboxylic acids is 2. The van der Waals surface area contributed by atoms with Crippen molar-refractivity contribution in [2.24, 2.45) is 0 Å². The number of carbonyl (C=O) groups is 3. The van der Waals surface area contributed by atoms with Gasteiger partial charge >= 0.3 is 5.97 Å². The molecule has 2 aromatic carbocycles. The summed E-state index contributed by atoms with van der Waals surface area (Å²) in [6.07, 6.45) is 0. The Morgan fingerprint density at radius 1 is 1.08 bits per heavy atom. The molecule has 0 fully saturated rings. The average molecular weight is 391 g/mol. The van der Waals surface area contributed by atoms with Gasteiger partial charge in [-0.2, -0.15) is 0 Å². The number of carboxylic acids is 1. The summed E-state index contributed by atoms with van der Waals surface area (Å²) in [5.74, 6) is -2.45. The number of benzene rings is 2. The molecule has 0 aromatic heterocycles. The van der Waals surface area contributed by atoms with Crippen molar-refractivity contribution in [2.45, 2.75) is 6.92 Å². The van der Waals surface area contributed by atoms with Crippen LogP contribution in [0.5, 0.6) is 0 Å². The SMILES string of the molecule is Cc1ccc(N2C(=O)C(Cl)=C(Nc3cccc(C(=O)O)c3)C2=O)cc1Cl. The fourth-order valence-corrected chi connectivity index (χ4v) is 2.83. The van der Waals surface area contributed by atoms with Gasteiger partial charge in [0.25, 0.3) is 11.8 Å². The molecule has 3 rings (SSSR count). The van der Waals surface area contributed by atoms with E-state index in [0.29, 0.717) is 16.4 Å². The Hall–Kier alpha value is -2.83. The van der Waals surface area contributed by atoms with Gasteiger partial charge in [0.1, 0.15) is 10.7 Å². The molecular formula is C18H12Cl2N2O4. The summed E-state index contributed by atoms with van der Waals surface area (Å²) in [4.78, 5) is 37.1. The molecule has 1 aliphatic rings. The van der Waals surface area contributed by atoms with Crippen molar-refractivity contribution in [1.82, 2.24) is 0 Å². The minimum atomic E-state index is -1.11. The van der Waals surface area contributed by atoms with Gasteiger partial charge in [0.15, 0.2) is 0 Å². The van der Waals surface area contributed by atoms with Crippen LogP contribution < -0.4 is 10.2 Å². The summed E-state index contributed by atoms with van der Waals surface area (Å²) >= 11 is 12.1. The van der Waals surface area contributed by atoms with Crippen molar-refractivity contribution in [3.63, 3.8) is 0 Å². The largest absolute Gasteiger partial charge is 0.478 e. The fraction of sp³-hybridized carbons (Fsp3) is 0.0556. The number of amides is 2. The molecule has 0 aliphatic carbocycles. The first-order valence-electron chi connectivity index (χ1n) is 7.44. The Bertz CT molecular complexity index is 985. The molecule has 1 aliphatic heterocycles. The second-order valence-corrected chi connectivity index (χ2v) is 6.36. The highest BCUT2D eigenvalue weighted by molar-refractivity contribution is 6.53. The number of aromatic carboxylic acids is 1. The molecule has 0 radical (unpaired) electrons. The average Bonchev–Trinajstić information content (AvgIpc) is 2.81. The standard InChI is InChI=1S/C18H12Cl2N2O4/c1-9-5-6-12(8-13(9)19)22-16(23)14(20)15(17(22)24)21-11-4-2-3-10(7-11)18(25)26/h2-8,21H,1H3,(H,25,26). The van der Waals surface area contributed by atoms with Crippen molar-refractivity contribution in [3.8, 4) is 0 Å². The molecule has 26 heavy (non-hydrogen) atoms. The van der Waals surface area contributed by atoms with E-state index < -0.39 is 17.8 Å². The van der Waals surface area contributed by atoms with Crippen LogP contribution in [0.15, 0.2) is 53.2 Å². The molecular weight excluding hydrogens is 379 g/mol. The Morgan fingerprint density at radius 3 is 2.46 bits per heavy atom. The van der Waals surface area contributed by atoms with Crippen molar-refractivity contribution >= 4 is 52.4 Å². The highest BCUT2D eigenvalue weighted by Crippen LogP contribution is 2.32. The summed E-state index contributed by atoms with van der Waals surface area (Å²) in [5, 5.41) is 11.9. The number of imide groups is 1. The lowest BCUT2D eigenvalue weighted by molar-refractivity contribution is -0.120. The Kier molecular flexibility index (Phi) is 4.71. The fourth-order valence-electron chi connectivity index (χ4n) is 2.44. The van der Waals surface area contributed by atoms with E-state index in [1.54, 1.807) is 25.1 Å². The minimum absolute atomic E-state index is 0.0330. The third kappa shape index (κ3) is 3.16. The number of carboxylic acid groups (broad SMARTS) is 1. The van der Waals surface area contributed by atoms with Gasteiger partial charge in [-0.05, 0) is 42.8 Å². The topological polar surface area (TPSA) is 86.7 Å². The lowest BCUT2D eigenvalue weighted by Gasteiger charge is -2.16. The third-order valence-corrected chi connectivity index (χ3v) is 4.58. The van der Waals surface area contributed by atoms with Crippen molar-refractivity contribution in [2.75, 3.05) is 10.2 Å². The Labute approximate surface area is 158 Å². The summed E-state index contributed by atoms with van der Waals surface area (Å²) in [5.41, 5.74) is 1.33. The van der Waals surface area contributed by atoms with E-state index in [0.717, 1.165) is 10.5 Å². The first kappa shape index (κ1) is 18.0. The van der Waals surface area contributed by atoms with E-state index in [2.05, 4.69) is 5.32 Å². The maximum atomic E-state index is 12.7. The predicted octanol–water partition coefficient (Wildman–Crippen LogP) is 3.78. The van der Waals surface area contributed by atoms with Crippen LogP contribution in [-0.2, 0) is 9.59 Å². The van der Waals surface area contributed by atoms with E-state index in [9.17, 15) is 14.4 Å². The number of halogens is 2. The smallest absolute Gasteiger partial charge is 0.335 e.